The van der Waals surface area contributed by atoms with E-state index in [1.54, 1.807) is 25.2 Å². The van der Waals surface area contributed by atoms with E-state index >= 15 is 0 Å². The van der Waals surface area contributed by atoms with Crippen molar-refractivity contribution in [2.24, 2.45) is 5.73 Å². The lowest BCUT2D eigenvalue weighted by Crippen LogP contribution is -2.29. The highest BCUT2D eigenvalue weighted by Crippen LogP contribution is 2.23. The number of amides is 1. The quantitative estimate of drug-likeness (QED) is 0.880. The Hall–Kier alpha value is -1.91. The minimum atomic E-state index is -0.154. The van der Waals surface area contributed by atoms with Gasteiger partial charge in [0.2, 0.25) is 0 Å². The number of hydrogen-bond acceptors (Lipinski definition) is 2. The number of thiocarbonyl (C=S) groups is 1. The highest BCUT2D eigenvalue weighted by molar-refractivity contribution is 7.80. The third-order valence-corrected chi connectivity index (χ3v) is 3.72. The molecule has 0 unspecified atom stereocenters. The van der Waals surface area contributed by atoms with Gasteiger partial charge >= 0.3 is 0 Å². The van der Waals surface area contributed by atoms with Crippen LogP contribution in [0.3, 0.4) is 0 Å². The molecule has 108 valence electrons. The van der Waals surface area contributed by atoms with Crippen LogP contribution in [0.5, 0.6) is 0 Å². The number of halogens is 1. The fourth-order valence-corrected chi connectivity index (χ4v) is 2.43. The Labute approximate surface area is 134 Å². The first-order valence-electron chi connectivity index (χ1n) is 6.35. The van der Waals surface area contributed by atoms with Crippen LogP contribution in [-0.4, -0.2) is 17.9 Å². The van der Waals surface area contributed by atoms with Crippen molar-refractivity contribution in [1.82, 2.24) is 0 Å². The molecule has 0 aromatic heterocycles. The predicted molar refractivity (Wildman–Crippen MR) is 91.3 cm³/mol. The first-order chi connectivity index (χ1) is 9.91. The second kappa shape index (κ2) is 6.24. The third-order valence-electron chi connectivity index (χ3n) is 3.27. The van der Waals surface area contributed by atoms with E-state index in [1.165, 1.54) is 4.90 Å². The topological polar surface area (TPSA) is 46.3 Å². The van der Waals surface area contributed by atoms with Crippen molar-refractivity contribution in [2.75, 3.05) is 11.9 Å². The minimum Gasteiger partial charge on any atom is -0.389 e. The standard InChI is InChI=1S/C16H15ClN2OS/c1-10-7-8-11(17)9-13(10)16(20)19(2)14-6-4-3-5-12(14)15(18)21/h3-9H,1-2H3,(H2,18,21). The van der Waals surface area contributed by atoms with E-state index in [0.29, 0.717) is 21.8 Å². The number of carbonyl (C=O) groups excluding carboxylic acids is 1. The average molecular weight is 319 g/mol. The molecule has 2 aromatic carbocycles. The van der Waals surface area contributed by atoms with E-state index in [2.05, 4.69) is 0 Å². The summed E-state index contributed by atoms with van der Waals surface area (Å²) in [4.78, 5) is 14.5. The van der Waals surface area contributed by atoms with E-state index in [9.17, 15) is 4.79 Å². The van der Waals surface area contributed by atoms with Crippen molar-refractivity contribution >= 4 is 40.4 Å². The molecule has 0 saturated heterocycles. The Morgan fingerprint density at radius 2 is 1.86 bits per heavy atom. The van der Waals surface area contributed by atoms with Gasteiger partial charge in [0.15, 0.2) is 0 Å². The van der Waals surface area contributed by atoms with Crippen LogP contribution in [0.1, 0.15) is 21.5 Å². The molecule has 0 bridgehead atoms. The average Bonchev–Trinajstić information content (AvgIpc) is 2.48. The first kappa shape index (κ1) is 15.5. The molecular formula is C16H15ClN2OS. The van der Waals surface area contributed by atoms with Gasteiger partial charge in [-0.3, -0.25) is 4.79 Å². The summed E-state index contributed by atoms with van der Waals surface area (Å²) in [6.45, 7) is 1.87. The SMILES string of the molecule is Cc1ccc(Cl)cc1C(=O)N(C)c1ccccc1C(N)=S. The zero-order valence-corrected chi connectivity index (χ0v) is 13.3. The maximum absolute atomic E-state index is 12.7. The molecule has 21 heavy (non-hydrogen) atoms. The summed E-state index contributed by atoms with van der Waals surface area (Å²) in [7, 11) is 1.69. The maximum Gasteiger partial charge on any atom is 0.258 e. The number of hydrogen-bond donors (Lipinski definition) is 1. The van der Waals surface area contributed by atoms with Gasteiger partial charge in [-0.2, -0.15) is 0 Å². The predicted octanol–water partition coefficient (Wildman–Crippen LogP) is 3.56. The monoisotopic (exact) mass is 318 g/mol. The van der Waals surface area contributed by atoms with Crippen LogP contribution >= 0.6 is 23.8 Å². The summed E-state index contributed by atoms with van der Waals surface area (Å²) >= 11 is 11.0. The van der Waals surface area contributed by atoms with E-state index < -0.39 is 0 Å². The summed E-state index contributed by atoms with van der Waals surface area (Å²) in [6, 6.07) is 12.5. The van der Waals surface area contributed by atoms with Gasteiger partial charge < -0.3 is 10.6 Å². The van der Waals surface area contributed by atoms with Gasteiger partial charge in [-0.05, 0) is 36.8 Å². The Morgan fingerprint density at radius 1 is 1.19 bits per heavy atom. The number of para-hydroxylation sites is 1. The van der Waals surface area contributed by atoms with E-state index in [0.717, 1.165) is 5.56 Å². The number of carbonyl (C=O) groups is 1. The number of nitrogens with zero attached hydrogens (tertiary/aromatic N) is 1. The Kier molecular flexibility index (Phi) is 4.60. The van der Waals surface area contributed by atoms with Crippen LogP contribution in [0.15, 0.2) is 42.5 Å². The molecule has 0 saturated carbocycles. The fourth-order valence-electron chi connectivity index (χ4n) is 2.09. The van der Waals surface area contributed by atoms with Gasteiger partial charge in [-0.15, -0.1) is 0 Å². The van der Waals surface area contributed by atoms with Crippen molar-refractivity contribution in [2.45, 2.75) is 6.92 Å². The molecule has 5 heteroatoms. The largest absolute Gasteiger partial charge is 0.389 e. The molecule has 3 nitrogen and oxygen atoms in total. The highest BCUT2D eigenvalue weighted by Gasteiger charge is 2.19. The normalized spacial score (nSPS) is 10.2. The molecule has 0 spiro atoms. The van der Waals surface area contributed by atoms with Gasteiger partial charge in [-0.1, -0.05) is 42.0 Å². The van der Waals surface area contributed by atoms with Crippen LogP contribution in [0.4, 0.5) is 5.69 Å². The molecule has 2 aromatic rings. The highest BCUT2D eigenvalue weighted by atomic mass is 35.5. The van der Waals surface area contributed by atoms with Gasteiger partial charge in [0.1, 0.15) is 4.99 Å². The van der Waals surface area contributed by atoms with Crippen LogP contribution in [0, 0.1) is 6.92 Å². The van der Waals surface area contributed by atoms with Crippen molar-refractivity contribution in [3.05, 3.63) is 64.2 Å². The summed E-state index contributed by atoms with van der Waals surface area (Å²) in [5.74, 6) is -0.154. The molecule has 0 aliphatic heterocycles. The number of rotatable bonds is 3. The van der Waals surface area contributed by atoms with Gasteiger partial charge in [-0.25, -0.2) is 0 Å². The van der Waals surface area contributed by atoms with Crippen molar-refractivity contribution in [1.29, 1.82) is 0 Å². The smallest absolute Gasteiger partial charge is 0.258 e. The lowest BCUT2D eigenvalue weighted by atomic mass is 10.1. The maximum atomic E-state index is 12.7. The molecule has 1 amide bonds. The number of nitrogens with two attached hydrogens (primary N) is 1. The molecule has 2 rings (SSSR count). The molecular weight excluding hydrogens is 304 g/mol. The van der Waals surface area contributed by atoms with E-state index in [-0.39, 0.29) is 10.9 Å². The van der Waals surface area contributed by atoms with Gasteiger partial charge in [0, 0.05) is 23.2 Å². The summed E-state index contributed by atoms with van der Waals surface area (Å²) in [5.41, 5.74) is 8.49. The fraction of sp³-hybridized carbons (Fsp3) is 0.125. The zero-order chi connectivity index (χ0) is 15.6. The number of aryl methyl sites for hydroxylation is 1. The van der Waals surface area contributed by atoms with Gasteiger partial charge in [0.25, 0.3) is 5.91 Å². The second-order valence-electron chi connectivity index (χ2n) is 4.70. The molecule has 0 fully saturated rings. The molecule has 2 N–H and O–H groups in total. The van der Waals surface area contributed by atoms with Crippen molar-refractivity contribution in [3.63, 3.8) is 0 Å². The molecule has 0 radical (unpaired) electrons. The van der Waals surface area contributed by atoms with Crippen LogP contribution in [0.2, 0.25) is 5.02 Å². The molecule has 0 aliphatic carbocycles. The molecule has 0 heterocycles. The summed E-state index contributed by atoms with van der Waals surface area (Å²) in [6.07, 6.45) is 0. The second-order valence-corrected chi connectivity index (χ2v) is 5.58. The van der Waals surface area contributed by atoms with Crippen LogP contribution < -0.4 is 10.6 Å². The van der Waals surface area contributed by atoms with Crippen molar-refractivity contribution < 1.29 is 4.79 Å². The lowest BCUT2D eigenvalue weighted by molar-refractivity contribution is 0.0992. The number of benzene rings is 2. The van der Waals surface area contributed by atoms with Gasteiger partial charge in [0.05, 0.1) is 5.69 Å². The molecule has 0 aliphatic rings. The van der Waals surface area contributed by atoms with Crippen LogP contribution in [-0.2, 0) is 0 Å². The summed E-state index contributed by atoms with van der Waals surface area (Å²) in [5, 5.41) is 0.528. The van der Waals surface area contributed by atoms with E-state index in [4.69, 9.17) is 29.6 Å². The Morgan fingerprint density at radius 3 is 2.52 bits per heavy atom. The Bertz CT molecular complexity index is 715. The third kappa shape index (κ3) is 3.23. The lowest BCUT2D eigenvalue weighted by Gasteiger charge is -2.21. The molecule has 0 atom stereocenters. The minimum absolute atomic E-state index is 0.154. The van der Waals surface area contributed by atoms with Crippen LogP contribution in [0.25, 0.3) is 0 Å². The number of anilines is 1. The summed E-state index contributed by atoms with van der Waals surface area (Å²) < 4.78 is 0. The Balaban J connectivity index is 2.45. The van der Waals surface area contributed by atoms with E-state index in [1.807, 2.05) is 31.2 Å². The van der Waals surface area contributed by atoms with Crippen molar-refractivity contribution in [3.8, 4) is 0 Å². The first-order valence-corrected chi connectivity index (χ1v) is 7.13. The zero-order valence-electron chi connectivity index (χ0n) is 11.8.